The van der Waals surface area contributed by atoms with Crippen LogP contribution < -0.4 is 5.32 Å². The average molecular weight is 309 g/mol. The van der Waals surface area contributed by atoms with Gasteiger partial charge in [-0.05, 0) is 30.5 Å². The molecule has 116 valence electrons. The van der Waals surface area contributed by atoms with Crippen LogP contribution in [-0.4, -0.2) is 26.6 Å². The van der Waals surface area contributed by atoms with Crippen LogP contribution in [0.15, 0.2) is 29.2 Å². The van der Waals surface area contributed by atoms with E-state index in [0.29, 0.717) is 12.5 Å². The molecule has 21 heavy (non-hydrogen) atoms. The monoisotopic (exact) mass is 309 g/mol. The Kier molecular flexibility index (Phi) is 5.39. The van der Waals surface area contributed by atoms with Gasteiger partial charge in [0.15, 0.2) is 9.84 Å². The summed E-state index contributed by atoms with van der Waals surface area (Å²) in [5.74, 6) is 0.0222. The summed E-state index contributed by atoms with van der Waals surface area (Å²) in [5, 5.41) is 3.10. The molecule has 0 saturated heterocycles. The highest BCUT2D eigenvalue weighted by Crippen LogP contribution is 2.17. The van der Waals surface area contributed by atoms with Crippen molar-refractivity contribution >= 4 is 15.7 Å². The summed E-state index contributed by atoms with van der Waals surface area (Å²) in [6.45, 7) is 0. The smallest absolute Gasteiger partial charge is 0.224 e. The van der Waals surface area contributed by atoms with Gasteiger partial charge in [0.05, 0.1) is 11.3 Å². The fourth-order valence-electron chi connectivity index (χ4n) is 2.74. The lowest BCUT2D eigenvalue weighted by atomic mass is 10.1. The lowest BCUT2D eigenvalue weighted by Gasteiger charge is -2.16. The Morgan fingerprint density at radius 2 is 1.67 bits per heavy atom. The normalized spacial score (nSPS) is 17.2. The summed E-state index contributed by atoms with van der Waals surface area (Å²) in [7, 11) is -3.18. The van der Waals surface area contributed by atoms with E-state index in [1.807, 2.05) is 0 Å². The molecule has 0 aromatic heterocycles. The Hall–Kier alpha value is -1.36. The molecule has 1 saturated carbocycles. The maximum atomic E-state index is 12.0. The number of sulfone groups is 1. The van der Waals surface area contributed by atoms with Crippen molar-refractivity contribution in [2.45, 2.75) is 55.9 Å². The van der Waals surface area contributed by atoms with Gasteiger partial charge in [-0.25, -0.2) is 8.42 Å². The molecule has 1 aliphatic carbocycles. The summed E-state index contributed by atoms with van der Waals surface area (Å²) in [6.07, 6.45) is 8.53. The van der Waals surface area contributed by atoms with Gasteiger partial charge < -0.3 is 5.32 Å². The van der Waals surface area contributed by atoms with Crippen molar-refractivity contribution in [3.05, 3.63) is 29.8 Å². The van der Waals surface area contributed by atoms with Gasteiger partial charge in [0.25, 0.3) is 0 Å². The summed E-state index contributed by atoms with van der Waals surface area (Å²) in [6, 6.07) is 6.84. The van der Waals surface area contributed by atoms with Crippen molar-refractivity contribution < 1.29 is 13.2 Å². The predicted molar refractivity (Wildman–Crippen MR) is 82.9 cm³/mol. The maximum absolute atomic E-state index is 12.0. The fourth-order valence-corrected chi connectivity index (χ4v) is 3.37. The highest BCUT2D eigenvalue weighted by Gasteiger charge is 2.15. The third kappa shape index (κ3) is 5.16. The molecule has 5 heteroatoms. The molecule has 1 N–H and O–H groups in total. The van der Waals surface area contributed by atoms with Gasteiger partial charge in [-0.3, -0.25) is 4.79 Å². The molecule has 1 aromatic carbocycles. The fraction of sp³-hybridized carbons (Fsp3) is 0.562. The molecule has 1 aromatic rings. The zero-order valence-electron chi connectivity index (χ0n) is 12.5. The number of nitrogens with one attached hydrogen (secondary N) is 1. The second-order valence-electron chi connectivity index (χ2n) is 5.85. The molecule has 1 aliphatic rings. The molecular formula is C16H23NO3S. The third-order valence-electron chi connectivity index (χ3n) is 3.94. The minimum atomic E-state index is -3.18. The molecule has 0 aliphatic heterocycles. The van der Waals surface area contributed by atoms with Crippen LogP contribution in [0.25, 0.3) is 0 Å². The highest BCUT2D eigenvalue weighted by molar-refractivity contribution is 7.90. The largest absolute Gasteiger partial charge is 0.353 e. The van der Waals surface area contributed by atoms with E-state index >= 15 is 0 Å². The lowest BCUT2D eigenvalue weighted by Crippen LogP contribution is -2.35. The zero-order valence-corrected chi connectivity index (χ0v) is 13.3. The number of hydrogen-bond donors (Lipinski definition) is 1. The first-order chi connectivity index (χ1) is 9.95. The number of hydrogen-bond acceptors (Lipinski definition) is 3. The van der Waals surface area contributed by atoms with E-state index in [4.69, 9.17) is 0 Å². The van der Waals surface area contributed by atoms with Crippen molar-refractivity contribution in [2.24, 2.45) is 0 Å². The molecule has 0 unspecified atom stereocenters. The molecule has 2 rings (SSSR count). The van der Waals surface area contributed by atoms with Crippen molar-refractivity contribution in [3.63, 3.8) is 0 Å². The first-order valence-electron chi connectivity index (χ1n) is 7.53. The predicted octanol–water partition coefficient (Wildman–Crippen LogP) is 2.47. The molecule has 0 bridgehead atoms. The van der Waals surface area contributed by atoms with E-state index in [2.05, 4.69) is 5.32 Å². The standard InChI is InChI=1S/C16H23NO3S/c1-21(19,20)15-10-8-13(9-11-15)12-16(18)17-14-6-4-2-3-5-7-14/h8-11,14H,2-7,12H2,1H3,(H,17,18). The van der Waals surface area contributed by atoms with Crippen LogP contribution in [0.2, 0.25) is 0 Å². The SMILES string of the molecule is CS(=O)(=O)c1ccc(CC(=O)NC2CCCCCC2)cc1. The summed E-state index contributed by atoms with van der Waals surface area (Å²) in [4.78, 5) is 12.3. The third-order valence-corrected chi connectivity index (χ3v) is 5.06. The van der Waals surface area contributed by atoms with Gasteiger partial charge in [0.2, 0.25) is 5.91 Å². The van der Waals surface area contributed by atoms with Crippen LogP contribution in [0.1, 0.15) is 44.1 Å². The van der Waals surface area contributed by atoms with Crippen LogP contribution in [0, 0.1) is 0 Å². The molecule has 0 radical (unpaired) electrons. The lowest BCUT2D eigenvalue weighted by molar-refractivity contribution is -0.121. The van der Waals surface area contributed by atoms with E-state index in [1.54, 1.807) is 24.3 Å². The molecule has 1 amide bonds. The summed E-state index contributed by atoms with van der Waals surface area (Å²) in [5.41, 5.74) is 0.841. The Bertz CT molecular complexity index is 570. The second-order valence-corrected chi connectivity index (χ2v) is 7.86. The van der Waals surface area contributed by atoms with Gasteiger partial charge in [0.1, 0.15) is 0 Å². The minimum absolute atomic E-state index is 0.0222. The van der Waals surface area contributed by atoms with E-state index in [9.17, 15) is 13.2 Å². The van der Waals surface area contributed by atoms with E-state index < -0.39 is 9.84 Å². The second kappa shape index (κ2) is 7.07. The Morgan fingerprint density at radius 1 is 1.10 bits per heavy atom. The zero-order chi connectivity index (χ0) is 15.3. The molecular weight excluding hydrogens is 286 g/mol. The quantitative estimate of drug-likeness (QED) is 0.869. The van der Waals surface area contributed by atoms with Crippen LogP contribution in [0.5, 0.6) is 0 Å². The van der Waals surface area contributed by atoms with E-state index in [1.165, 1.54) is 31.9 Å². The number of benzene rings is 1. The molecule has 0 atom stereocenters. The van der Waals surface area contributed by atoms with Crippen LogP contribution in [0.3, 0.4) is 0 Å². The van der Waals surface area contributed by atoms with E-state index in [0.717, 1.165) is 18.4 Å². The van der Waals surface area contributed by atoms with Crippen LogP contribution in [-0.2, 0) is 21.1 Å². The number of carbonyl (C=O) groups is 1. The molecule has 4 nitrogen and oxygen atoms in total. The Balaban J connectivity index is 1.90. The average Bonchev–Trinajstić information content (AvgIpc) is 2.67. The first kappa shape index (κ1) is 16.0. The van der Waals surface area contributed by atoms with Gasteiger partial charge in [0, 0.05) is 12.3 Å². The van der Waals surface area contributed by atoms with Crippen molar-refractivity contribution in [3.8, 4) is 0 Å². The van der Waals surface area contributed by atoms with Gasteiger partial charge >= 0.3 is 0 Å². The minimum Gasteiger partial charge on any atom is -0.353 e. The highest BCUT2D eigenvalue weighted by atomic mass is 32.2. The molecule has 0 spiro atoms. The van der Waals surface area contributed by atoms with Crippen molar-refractivity contribution in [1.29, 1.82) is 0 Å². The summed E-state index contributed by atoms with van der Waals surface area (Å²) < 4.78 is 22.8. The van der Waals surface area contributed by atoms with Crippen LogP contribution in [0.4, 0.5) is 0 Å². The van der Waals surface area contributed by atoms with Crippen molar-refractivity contribution in [1.82, 2.24) is 5.32 Å². The van der Waals surface area contributed by atoms with Gasteiger partial charge in [-0.2, -0.15) is 0 Å². The topological polar surface area (TPSA) is 63.2 Å². The number of carbonyl (C=O) groups excluding carboxylic acids is 1. The Labute approximate surface area is 126 Å². The number of rotatable bonds is 4. The first-order valence-corrected chi connectivity index (χ1v) is 9.42. The van der Waals surface area contributed by atoms with Gasteiger partial charge in [-0.1, -0.05) is 37.8 Å². The van der Waals surface area contributed by atoms with E-state index in [-0.39, 0.29) is 10.8 Å². The number of amides is 1. The maximum Gasteiger partial charge on any atom is 0.224 e. The Morgan fingerprint density at radius 3 is 2.19 bits per heavy atom. The van der Waals surface area contributed by atoms with Crippen LogP contribution >= 0.6 is 0 Å². The summed E-state index contributed by atoms with van der Waals surface area (Å²) >= 11 is 0. The van der Waals surface area contributed by atoms with Gasteiger partial charge in [-0.15, -0.1) is 0 Å². The molecule has 0 heterocycles. The molecule has 1 fully saturated rings. The van der Waals surface area contributed by atoms with Crippen molar-refractivity contribution in [2.75, 3.05) is 6.26 Å².